The molecule has 0 saturated carbocycles. The summed E-state index contributed by atoms with van der Waals surface area (Å²) < 4.78 is 5.72. The predicted octanol–water partition coefficient (Wildman–Crippen LogP) is 3.33. The van der Waals surface area contributed by atoms with Gasteiger partial charge in [-0.2, -0.15) is 11.8 Å². The summed E-state index contributed by atoms with van der Waals surface area (Å²) in [7, 11) is 2.05. The Hall–Kier alpha value is -0.630. The van der Waals surface area contributed by atoms with Crippen molar-refractivity contribution in [2.45, 2.75) is 13.3 Å². The van der Waals surface area contributed by atoms with Gasteiger partial charge >= 0.3 is 0 Å². The minimum Gasteiger partial charge on any atom is -0.492 e. The summed E-state index contributed by atoms with van der Waals surface area (Å²) >= 11 is 1.86. The van der Waals surface area contributed by atoms with Gasteiger partial charge in [-0.15, -0.1) is 24.0 Å². The van der Waals surface area contributed by atoms with E-state index in [2.05, 4.69) is 28.4 Å². The van der Waals surface area contributed by atoms with Crippen molar-refractivity contribution in [3.05, 3.63) is 30.3 Å². The summed E-state index contributed by atoms with van der Waals surface area (Å²) in [5, 5.41) is 3.32. The molecule has 126 valence electrons. The SMILES string of the molecule is CCNC(=NCCCSC)N(C)CCOc1ccccc1.I. The van der Waals surface area contributed by atoms with E-state index in [1.807, 2.05) is 49.1 Å². The van der Waals surface area contributed by atoms with Gasteiger partial charge < -0.3 is 15.0 Å². The molecule has 0 aromatic heterocycles. The van der Waals surface area contributed by atoms with Gasteiger partial charge in [0.1, 0.15) is 12.4 Å². The Labute approximate surface area is 156 Å². The Balaban J connectivity index is 0.00000441. The second-order valence-electron chi connectivity index (χ2n) is 4.67. The monoisotopic (exact) mass is 437 g/mol. The molecule has 1 N–H and O–H groups in total. The number of aliphatic imine (C=N–C) groups is 1. The molecular formula is C16H28IN3OS. The average Bonchev–Trinajstić information content (AvgIpc) is 2.51. The Bertz CT molecular complexity index is 404. The molecule has 0 bridgehead atoms. The maximum Gasteiger partial charge on any atom is 0.193 e. The van der Waals surface area contributed by atoms with E-state index < -0.39 is 0 Å². The third-order valence-electron chi connectivity index (χ3n) is 2.90. The van der Waals surface area contributed by atoms with Crippen LogP contribution in [-0.4, -0.2) is 56.2 Å². The van der Waals surface area contributed by atoms with Gasteiger partial charge in [-0.3, -0.25) is 4.99 Å². The fraction of sp³-hybridized carbons (Fsp3) is 0.562. The van der Waals surface area contributed by atoms with Gasteiger partial charge in [-0.05, 0) is 37.5 Å². The van der Waals surface area contributed by atoms with E-state index >= 15 is 0 Å². The van der Waals surface area contributed by atoms with E-state index in [-0.39, 0.29) is 24.0 Å². The molecule has 0 saturated heterocycles. The first-order chi connectivity index (χ1) is 10.3. The second-order valence-corrected chi connectivity index (χ2v) is 5.65. The van der Waals surface area contributed by atoms with Crippen molar-refractivity contribution in [3.8, 4) is 5.75 Å². The molecule has 4 nitrogen and oxygen atoms in total. The van der Waals surface area contributed by atoms with Crippen LogP contribution < -0.4 is 10.1 Å². The molecule has 6 heteroatoms. The molecule has 1 rings (SSSR count). The quantitative estimate of drug-likeness (QED) is 0.278. The van der Waals surface area contributed by atoms with Gasteiger partial charge in [0, 0.05) is 20.1 Å². The molecule has 22 heavy (non-hydrogen) atoms. The van der Waals surface area contributed by atoms with Crippen LogP contribution in [0.5, 0.6) is 5.75 Å². The maximum atomic E-state index is 5.72. The molecule has 0 atom stereocenters. The first-order valence-corrected chi connectivity index (χ1v) is 8.83. The van der Waals surface area contributed by atoms with E-state index in [0.29, 0.717) is 6.61 Å². The topological polar surface area (TPSA) is 36.9 Å². The summed E-state index contributed by atoms with van der Waals surface area (Å²) in [6.07, 6.45) is 3.24. The molecule has 0 aliphatic carbocycles. The molecule has 0 fully saturated rings. The summed E-state index contributed by atoms with van der Waals surface area (Å²) in [5.74, 6) is 3.02. The zero-order valence-corrected chi connectivity index (χ0v) is 16.9. The van der Waals surface area contributed by atoms with Crippen molar-refractivity contribution in [1.82, 2.24) is 10.2 Å². The first kappa shape index (κ1) is 21.4. The number of nitrogens with zero attached hydrogens (tertiary/aromatic N) is 2. The third kappa shape index (κ3) is 9.40. The molecule has 0 spiro atoms. The molecule has 0 heterocycles. The van der Waals surface area contributed by atoms with Crippen LogP contribution in [0.2, 0.25) is 0 Å². The summed E-state index contributed by atoms with van der Waals surface area (Å²) in [6.45, 7) is 5.29. The Kier molecular flexibility index (Phi) is 13.6. The fourth-order valence-corrected chi connectivity index (χ4v) is 2.20. The van der Waals surface area contributed by atoms with Gasteiger partial charge in [0.25, 0.3) is 0 Å². The number of benzene rings is 1. The number of hydrogen-bond acceptors (Lipinski definition) is 3. The van der Waals surface area contributed by atoms with Crippen LogP contribution in [0.4, 0.5) is 0 Å². The maximum absolute atomic E-state index is 5.72. The van der Waals surface area contributed by atoms with E-state index in [9.17, 15) is 0 Å². The highest BCUT2D eigenvalue weighted by molar-refractivity contribution is 14.0. The van der Waals surface area contributed by atoms with Gasteiger partial charge in [0.2, 0.25) is 0 Å². The van der Waals surface area contributed by atoms with Crippen molar-refractivity contribution in [2.24, 2.45) is 4.99 Å². The minimum atomic E-state index is 0. The molecule has 1 aromatic carbocycles. The molecule has 0 unspecified atom stereocenters. The second kappa shape index (κ2) is 14.0. The van der Waals surface area contributed by atoms with Crippen LogP contribution in [0.1, 0.15) is 13.3 Å². The standard InChI is InChI=1S/C16H27N3OS.HI/c1-4-17-16(18-11-8-14-21-3)19(2)12-13-20-15-9-6-5-7-10-15;/h5-7,9-10H,4,8,11-14H2,1-3H3,(H,17,18);1H. The van der Waals surface area contributed by atoms with Gasteiger partial charge in [-0.1, -0.05) is 18.2 Å². The van der Waals surface area contributed by atoms with Crippen molar-refractivity contribution in [2.75, 3.05) is 45.3 Å². The molecule has 0 radical (unpaired) electrons. The van der Waals surface area contributed by atoms with Crippen LogP contribution in [0, 0.1) is 0 Å². The molecule has 0 amide bonds. The number of rotatable bonds is 9. The molecule has 0 aliphatic heterocycles. The van der Waals surface area contributed by atoms with Gasteiger partial charge in [-0.25, -0.2) is 0 Å². The van der Waals surface area contributed by atoms with E-state index in [1.54, 1.807) is 0 Å². The zero-order valence-electron chi connectivity index (χ0n) is 13.7. The van der Waals surface area contributed by atoms with Gasteiger partial charge in [0.05, 0.1) is 6.54 Å². The van der Waals surface area contributed by atoms with Crippen molar-refractivity contribution < 1.29 is 4.74 Å². The van der Waals surface area contributed by atoms with Crippen molar-refractivity contribution in [1.29, 1.82) is 0 Å². The smallest absolute Gasteiger partial charge is 0.193 e. The lowest BCUT2D eigenvalue weighted by Crippen LogP contribution is -2.41. The van der Waals surface area contributed by atoms with Crippen LogP contribution in [0.15, 0.2) is 35.3 Å². The highest BCUT2D eigenvalue weighted by atomic mass is 127. The summed E-state index contributed by atoms with van der Waals surface area (Å²) in [4.78, 5) is 6.76. The Morgan fingerprint density at radius 1 is 1.32 bits per heavy atom. The van der Waals surface area contributed by atoms with Crippen LogP contribution in [0.3, 0.4) is 0 Å². The van der Waals surface area contributed by atoms with Crippen molar-refractivity contribution in [3.63, 3.8) is 0 Å². The van der Waals surface area contributed by atoms with Crippen LogP contribution in [-0.2, 0) is 0 Å². The lowest BCUT2D eigenvalue weighted by atomic mass is 10.3. The number of halogens is 1. The Morgan fingerprint density at radius 2 is 2.05 bits per heavy atom. The highest BCUT2D eigenvalue weighted by Crippen LogP contribution is 2.07. The van der Waals surface area contributed by atoms with Crippen LogP contribution in [0.25, 0.3) is 0 Å². The average molecular weight is 437 g/mol. The predicted molar refractivity (Wildman–Crippen MR) is 109 cm³/mol. The van der Waals surface area contributed by atoms with E-state index in [0.717, 1.165) is 43.5 Å². The van der Waals surface area contributed by atoms with Crippen LogP contribution >= 0.6 is 35.7 Å². The minimum absolute atomic E-state index is 0. The highest BCUT2D eigenvalue weighted by Gasteiger charge is 2.05. The lowest BCUT2D eigenvalue weighted by molar-refractivity contribution is 0.281. The summed E-state index contributed by atoms with van der Waals surface area (Å²) in [5.41, 5.74) is 0. The number of likely N-dealkylation sites (N-methyl/N-ethyl adjacent to an activating group) is 1. The molecule has 1 aromatic rings. The first-order valence-electron chi connectivity index (χ1n) is 7.44. The third-order valence-corrected chi connectivity index (χ3v) is 3.60. The normalized spacial score (nSPS) is 10.8. The molecular weight excluding hydrogens is 409 g/mol. The number of thioether (sulfide) groups is 1. The van der Waals surface area contributed by atoms with Gasteiger partial charge in [0.15, 0.2) is 5.96 Å². The Morgan fingerprint density at radius 3 is 2.68 bits per heavy atom. The van der Waals surface area contributed by atoms with E-state index in [4.69, 9.17) is 4.74 Å². The lowest BCUT2D eigenvalue weighted by Gasteiger charge is -2.22. The fourth-order valence-electron chi connectivity index (χ4n) is 1.79. The number of nitrogens with one attached hydrogen (secondary N) is 1. The molecule has 0 aliphatic rings. The summed E-state index contributed by atoms with van der Waals surface area (Å²) in [6, 6.07) is 9.90. The number of ether oxygens (including phenoxy) is 1. The number of hydrogen-bond donors (Lipinski definition) is 1. The van der Waals surface area contributed by atoms with Crippen molar-refractivity contribution >= 4 is 41.7 Å². The number of para-hydroxylation sites is 1. The largest absolute Gasteiger partial charge is 0.492 e. The van der Waals surface area contributed by atoms with E-state index in [1.165, 1.54) is 0 Å². The number of guanidine groups is 1. The zero-order chi connectivity index (χ0) is 15.3.